The molecule has 0 saturated heterocycles. The van der Waals surface area contributed by atoms with Crippen LogP contribution in [0.4, 0.5) is 0 Å². The highest BCUT2D eigenvalue weighted by atomic mass is 35.5. The minimum absolute atomic E-state index is 0.0634. The first kappa shape index (κ1) is 18.2. The predicted octanol–water partition coefficient (Wildman–Crippen LogP) is 3.71. The maximum Gasteiger partial charge on any atom is 0.247 e. The fraction of sp³-hybridized carbons (Fsp3) is 0.600. The molecule has 2 fully saturated rings. The van der Waals surface area contributed by atoms with Gasteiger partial charge in [-0.2, -0.15) is 0 Å². The third-order valence-corrected chi connectivity index (χ3v) is 5.53. The van der Waals surface area contributed by atoms with Gasteiger partial charge in [-0.25, -0.2) is 0 Å². The Labute approximate surface area is 154 Å². The minimum atomic E-state index is -0.582. The number of rotatable bonds is 6. The van der Waals surface area contributed by atoms with Crippen LogP contribution in [0.1, 0.15) is 62.1 Å². The number of alkyl halides is 1. The van der Waals surface area contributed by atoms with Crippen LogP contribution in [-0.2, 0) is 9.59 Å². The van der Waals surface area contributed by atoms with Crippen LogP contribution in [0.2, 0.25) is 0 Å². The van der Waals surface area contributed by atoms with Gasteiger partial charge in [0.15, 0.2) is 0 Å². The summed E-state index contributed by atoms with van der Waals surface area (Å²) in [7, 11) is 0. The van der Waals surface area contributed by atoms with Gasteiger partial charge in [-0.3, -0.25) is 9.59 Å². The molecule has 1 aromatic carbocycles. The highest BCUT2D eigenvalue weighted by molar-refractivity contribution is 6.27. The van der Waals surface area contributed by atoms with Crippen molar-refractivity contribution in [2.45, 2.75) is 70.0 Å². The van der Waals surface area contributed by atoms with Crippen LogP contribution in [0.15, 0.2) is 24.3 Å². The number of halogens is 1. The molecule has 136 valence electrons. The Hall–Kier alpha value is -1.55. The van der Waals surface area contributed by atoms with Crippen LogP contribution in [-0.4, -0.2) is 34.7 Å². The Balaban J connectivity index is 1.89. The molecular formula is C20H27ClN2O2. The van der Waals surface area contributed by atoms with Gasteiger partial charge in [0.25, 0.3) is 0 Å². The van der Waals surface area contributed by atoms with E-state index >= 15 is 0 Å². The van der Waals surface area contributed by atoms with E-state index in [1.807, 2.05) is 31.2 Å². The zero-order valence-electron chi connectivity index (χ0n) is 14.8. The van der Waals surface area contributed by atoms with Crippen LogP contribution in [0.25, 0.3) is 0 Å². The summed E-state index contributed by atoms with van der Waals surface area (Å²) in [4.78, 5) is 27.5. The average Bonchev–Trinajstić information content (AvgIpc) is 3.45. The number of nitrogens with zero attached hydrogens (tertiary/aromatic N) is 1. The van der Waals surface area contributed by atoms with Crippen LogP contribution >= 0.6 is 11.6 Å². The molecule has 0 aliphatic heterocycles. The lowest BCUT2D eigenvalue weighted by molar-refractivity contribution is -0.140. The molecule has 2 saturated carbocycles. The Kier molecular flexibility index (Phi) is 6.00. The van der Waals surface area contributed by atoms with Gasteiger partial charge in [0.05, 0.1) is 0 Å². The number of carbonyl (C=O) groups is 2. The highest BCUT2D eigenvalue weighted by Crippen LogP contribution is 2.36. The summed E-state index contributed by atoms with van der Waals surface area (Å²) in [5.74, 6) is -0.307. The topological polar surface area (TPSA) is 49.4 Å². The van der Waals surface area contributed by atoms with Gasteiger partial charge in [-0.15, -0.1) is 11.6 Å². The van der Waals surface area contributed by atoms with Crippen LogP contribution in [0.5, 0.6) is 0 Å². The Morgan fingerprint density at radius 1 is 1.16 bits per heavy atom. The lowest BCUT2D eigenvalue weighted by atomic mass is 9.94. The Morgan fingerprint density at radius 3 is 2.44 bits per heavy atom. The third kappa shape index (κ3) is 4.35. The molecule has 1 N–H and O–H groups in total. The maximum atomic E-state index is 13.2. The molecule has 0 spiro atoms. The number of aryl methyl sites for hydroxylation is 1. The second kappa shape index (κ2) is 8.22. The third-order valence-electron chi connectivity index (χ3n) is 5.30. The smallest absolute Gasteiger partial charge is 0.247 e. The molecule has 0 unspecified atom stereocenters. The van der Waals surface area contributed by atoms with Crippen LogP contribution < -0.4 is 5.32 Å². The van der Waals surface area contributed by atoms with Crippen molar-refractivity contribution in [3.8, 4) is 0 Å². The fourth-order valence-corrected chi connectivity index (χ4v) is 3.96. The summed E-state index contributed by atoms with van der Waals surface area (Å²) in [6.45, 7) is 1.99. The molecule has 2 aliphatic rings. The molecule has 2 aliphatic carbocycles. The van der Waals surface area contributed by atoms with Crippen molar-refractivity contribution < 1.29 is 9.59 Å². The van der Waals surface area contributed by atoms with E-state index in [2.05, 4.69) is 5.32 Å². The minimum Gasteiger partial charge on any atom is -0.351 e. The van der Waals surface area contributed by atoms with Crippen molar-refractivity contribution in [1.82, 2.24) is 10.2 Å². The molecule has 0 aromatic heterocycles. The molecule has 0 radical (unpaired) electrons. The lowest BCUT2D eigenvalue weighted by Gasteiger charge is -2.34. The van der Waals surface area contributed by atoms with E-state index in [9.17, 15) is 9.59 Å². The van der Waals surface area contributed by atoms with Gasteiger partial charge < -0.3 is 10.2 Å². The summed E-state index contributed by atoms with van der Waals surface area (Å²) >= 11 is 5.86. The van der Waals surface area contributed by atoms with Gasteiger partial charge in [0.2, 0.25) is 11.8 Å². The molecule has 0 heterocycles. The van der Waals surface area contributed by atoms with Crippen LogP contribution in [0, 0.1) is 6.92 Å². The van der Waals surface area contributed by atoms with E-state index in [0.29, 0.717) is 0 Å². The second-order valence-electron chi connectivity index (χ2n) is 7.27. The number of nitrogens with one attached hydrogen (secondary N) is 1. The summed E-state index contributed by atoms with van der Waals surface area (Å²) in [5, 5.41) is 3.21. The first-order chi connectivity index (χ1) is 12.1. The van der Waals surface area contributed by atoms with E-state index in [4.69, 9.17) is 11.6 Å². The van der Waals surface area contributed by atoms with E-state index in [-0.39, 0.29) is 29.8 Å². The molecule has 25 heavy (non-hydrogen) atoms. The van der Waals surface area contributed by atoms with Crippen LogP contribution in [0.3, 0.4) is 0 Å². The number of amides is 2. The van der Waals surface area contributed by atoms with Crippen molar-refractivity contribution in [3.63, 3.8) is 0 Å². The molecule has 1 aromatic rings. The normalized spacial score (nSPS) is 19.3. The molecule has 5 heteroatoms. The average molecular weight is 363 g/mol. The quantitative estimate of drug-likeness (QED) is 0.784. The maximum absolute atomic E-state index is 13.2. The van der Waals surface area contributed by atoms with Crippen molar-refractivity contribution in [2.24, 2.45) is 0 Å². The van der Waals surface area contributed by atoms with Crippen molar-refractivity contribution in [2.75, 3.05) is 5.88 Å². The molecule has 0 bridgehead atoms. The van der Waals surface area contributed by atoms with E-state index < -0.39 is 6.04 Å². The van der Waals surface area contributed by atoms with Gasteiger partial charge in [0, 0.05) is 12.1 Å². The second-order valence-corrected chi connectivity index (χ2v) is 7.54. The molecular weight excluding hydrogens is 336 g/mol. The first-order valence-electron chi connectivity index (χ1n) is 9.35. The predicted molar refractivity (Wildman–Crippen MR) is 99.5 cm³/mol. The highest BCUT2D eigenvalue weighted by Gasteiger charge is 2.41. The van der Waals surface area contributed by atoms with E-state index in [0.717, 1.165) is 49.7 Å². The SMILES string of the molecule is Cc1ccccc1[C@H](C(=O)NC1CCCCC1)N(C(=O)CCl)C1CC1. The molecule has 4 nitrogen and oxygen atoms in total. The number of benzene rings is 1. The van der Waals surface area contributed by atoms with Gasteiger partial charge in [0.1, 0.15) is 11.9 Å². The van der Waals surface area contributed by atoms with E-state index in [1.54, 1.807) is 4.90 Å². The molecule has 2 amide bonds. The first-order valence-corrected chi connectivity index (χ1v) is 9.88. The lowest BCUT2D eigenvalue weighted by Crippen LogP contribution is -2.48. The number of hydrogen-bond acceptors (Lipinski definition) is 2. The summed E-state index contributed by atoms with van der Waals surface area (Å²) in [6.07, 6.45) is 7.51. The van der Waals surface area contributed by atoms with Crippen molar-refractivity contribution in [3.05, 3.63) is 35.4 Å². The summed E-state index contributed by atoms with van der Waals surface area (Å²) in [6, 6.07) is 7.61. The summed E-state index contributed by atoms with van der Waals surface area (Å²) in [5.41, 5.74) is 1.93. The van der Waals surface area contributed by atoms with E-state index in [1.165, 1.54) is 6.42 Å². The van der Waals surface area contributed by atoms with Crippen molar-refractivity contribution in [1.29, 1.82) is 0 Å². The molecule has 3 rings (SSSR count). The van der Waals surface area contributed by atoms with Gasteiger partial charge in [-0.05, 0) is 43.7 Å². The number of carbonyl (C=O) groups excluding carboxylic acids is 2. The Morgan fingerprint density at radius 2 is 1.84 bits per heavy atom. The zero-order valence-corrected chi connectivity index (χ0v) is 15.6. The van der Waals surface area contributed by atoms with Gasteiger partial charge >= 0.3 is 0 Å². The molecule has 1 atom stereocenters. The van der Waals surface area contributed by atoms with Gasteiger partial charge in [-0.1, -0.05) is 43.5 Å². The number of hydrogen-bond donors (Lipinski definition) is 1. The largest absolute Gasteiger partial charge is 0.351 e. The zero-order chi connectivity index (χ0) is 17.8. The monoisotopic (exact) mass is 362 g/mol. The Bertz CT molecular complexity index is 624. The van der Waals surface area contributed by atoms with Crippen molar-refractivity contribution >= 4 is 23.4 Å². The summed E-state index contributed by atoms with van der Waals surface area (Å²) < 4.78 is 0. The fourth-order valence-electron chi connectivity index (χ4n) is 3.82. The standard InChI is InChI=1S/C20H27ClN2O2/c1-14-7-5-6-10-17(14)19(23(16-11-12-16)18(24)13-21)20(25)22-15-8-3-2-4-9-15/h5-7,10,15-16,19H,2-4,8-9,11-13H2,1H3,(H,22,25)/t19-/m1/s1.